The van der Waals surface area contributed by atoms with Gasteiger partial charge in [-0.25, -0.2) is 0 Å². The molecule has 1 saturated carbocycles. The van der Waals surface area contributed by atoms with Gasteiger partial charge in [0.15, 0.2) is 0 Å². The second kappa shape index (κ2) is 5.65. The summed E-state index contributed by atoms with van der Waals surface area (Å²) in [5.41, 5.74) is 4.59. The summed E-state index contributed by atoms with van der Waals surface area (Å²) in [6, 6.07) is 4.98. The quantitative estimate of drug-likeness (QED) is 0.750. The smallest absolute Gasteiger partial charge is 0.0780 e. The van der Waals surface area contributed by atoms with Crippen molar-refractivity contribution < 1.29 is 4.74 Å². The summed E-state index contributed by atoms with van der Waals surface area (Å²) in [6.07, 6.45) is 8.52. The number of rotatable bonds is 3. The van der Waals surface area contributed by atoms with E-state index in [-0.39, 0.29) is 0 Å². The number of hydrogen-bond donors (Lipinski definition) is 0. The van der Waals surface area contributed by atoms with Crippen molar-refractivity contribution in [3.8, 4) is 0 Å². The molecule has 3 rings (SSSR count). The topological polar surface area (TPSA) is 9.23 Å². The molecule has 1 heterocycles. The normalized spacial score (nSPS) is 20.1. The van der Waals surface area contributed by atoms with Gasteiger partial charge in [0.25, 0.3) is 0 Å². The molecule has 0 N–H and O–H groups in total. The van der Waals surface area contributed by atoms with Crippen molar-refractivity contribution in [2.24, 2.45) is 5.92 Å². The molecule has 0 unspecified atom stereocenters. The first kappa shape index (κ1) is 14.3. The van der Waals surface area contributed by atoms with E-state index in [1.807, 2.05) is 0 Å². The molecule has 2 aliphatic rings. The molecule has 1 aliphatic heterocycles. The monoisotopic (exact) mass is 288 g/mol. The second-order valence-corrected chi connectivity index (χ2v) is 12.8. The summed E-state index contributed by atoms with van der Waals surface area (Å²) in [5.74, 6) is 0.929. The largest absolute Gasteiger partial charge is 0.372 e. The molecule has 1 nitrogen and oxygen atoms in total. The molecule has 1 aromatic carbocycles. The third-order valence-corrected chi connectivity index (χ3v) is 7.03. The molecule has 1 fully saturated rings. The molecule has 0 amide bonds. The van der Waals surface area contributed by atoms with Crippen LogP contribution in [0.2, 0.25) is 19.6 Å². The van der Waals surface area contributed by atoms with E-state index in [2.05, 4.69) is 31.8 Å². The molecular formula is C18H28OSi. The highest BCUT2D eigenvalue weighted by Crippen LogP contribution is 2.29. The van der Waals surface area contributed by atoms with Crippen molar-refractivity contribution >= 4 is 13.3 Å². The molecule has 0 aromatic heterocycles. The van der Waals surface area contributed by atoms with Gasteiger partial charge in [-0.05, 0) is 29.0 Å². The number of benzene rings is 1. The average molecular weight is 289 g/mol. The predicted molar refractivity (Wildman–Crippen MR) is 88.2 cm³/mol. The van der Waals surface area contributed by atoms with Crippen LogP contribution >= 0.6 is 0 Å². The van der Waals surface area contributed by atoms with Crippen molar-refractivity contribution in [1.29, 1.82) is 0 Å². The van der Waals surface area contributed by atoms with Crippen LogP contribution in [0.25, 0.3) is 0 Å². The van der Waals surface area contributed by atoms with E-state index in [9.17, 15) is 0 Å². The Bertz CT molecular complexity index is 481. The van der Waals surface area contributed by atoms with Gasteiger partial charge in [-0.3, -0.25) is 0 Å². The van der Waals surface area contributed by atoms with E-state index >= 15 is 0 Å². The molecule has 0 radical (unpaired) electrons. The van der Waals surface area contributed by atoms with Gasteiger partial charge in [0.2, 0.25) is 0 Å². The van der Waals surface area contributed by atoms with E-state index in [1.165, 1.54) is 49.7 Å². The molecule has 110 valence electrons. The lowest BCUT2D eigenvalue weighted by Gasteiger charge is -2.25. The number of hydrogen-bond acceptors (Lipinski definition) is 1. The van der Waals surface area contributed by atoms with Crippen molar-refractivity contribution in [3.05, 3.63) is 28.8 Å². The fourth-order valence-corrected chi connectivity index (χ4v) is 5.63. The third kappa shape index (κ3) is 3.01. The van der Waals surface area contributed by atoms with Gasteiger partial charge in [0.05, 0.1) is 21.3 Å². The molecule has 0 bridgehead atoms. The van der Waals surface area contributed by atoms with Crippen LogP contribution in [0.5, 0.6) is 0 Å². The zero-order valence-corrected chi connectivity index (χ0v) is 14.3. The Balaban J connectivity index is 1.88. The van der Waals surface area contributed by atoms with Crippen molar-refractivity contribution in [1.82, 2.24) is 0 Å². The van der Waals surface area contributed by atoms with Crippen molar-refractivity contribution in [2.75, 3.05) is 0 Å². The van der Waals surface area contributed by atoms with Crippen LogP contribution in [-0.2, 0) is 24.4 Å². The Hall–Kier alpha value is -0.603. The Morgan fingerprint density at radius 3 is 2.50 bits per heavy atom. The van der Waals surface area contributed by atoms with Gasteiger partial charge < -0.3 is 4.74 Å². The Labute approximate surface area is 124 Å². The van der Waals surface area contributed by atoms with Gasteiger partial charge in [0, 0.05) is 0 Å². The SMILES string of the molecule is C[Si](C)(C)c1cc(CC2CCCCC2)cc2c1COC2. The third-order valence-electron chi connectivity index (χ3n) is 4.96. The van der Waals surface area contributed by atoms with E-state index in [0.717, 1.165) is 19.1 Å². The van der Waals surface area contributed by atoms with Crippen molar-refractivity contribution in [2.45, 2.75) is 71.4 Å². The van der Waals surface area contributed by atoms with E-state index in [1.54, 1.807) is 10.8 Å². The van der Waals surface area contributed by atoms with Gasteiger partial charge >= 0.3 is 0 Å². The Kier molecular flexibility index (Phi) is 4.05. The summed E-state index contributed by atoms with van der Waals surface area (Å²) in [4.78, 5) is 0. The van der Waals surface area contributed by atoms with E-state index in [0.29, 0.717) is 0 Å². The van der Waals surface area contributed by atoms with Gasteiger partial charge in [-0.1, -0.05) is 69.1 Å². The molecule has 1 aliphatic carbocycles. The fourth-order valence-electron chi connectivity index (χ4n) is 3.87. The van der Waals surface area contributed by atoms with Crippen LogP contribution in [0, 0.1) is 5.92 Å². The molecule has 0 saturated heterocycles. The van der Waals surface area contributed by atoms with Gasteiger partial charge in [0.1, 0.15) is 0 Å². The highest BCUT2D eigenvalue weighted by Gasteiger charge is 2.26. The van der Waals surface area contributed by atoms with Gasteiger partial charge in [-0.2, -0.15) is 0 Å². The highest BCUT2D eigenvalue weighted by molar-refractivity contribution is 6.89. The van der Waals surface area contributed by atoms with Crippen LogP contribution in [0.1, 0.15) is 48.8 Å². The predicted octanol–water partition coefficient (Wildman–Crippen LogP) is 4.38. The summed E-state index contributed by atoms with van der Waals surface area (Å²) < 4.78 is 5.72. The standard InChI is InChI=1S/C18H28OSi/c1-20(2,3)18-11-15(9-14-7-5-4-6-8-14)10-16-12-19-13-17(16)18/h10-11,14H,4-9,12-13H2,1-3H3. The maximum Gasteiger partial charge on any atom is 0.0780 e. The Morgan fingerprint density at radius 1 is 1.05 bits per heavy atom. The van der Waals surface area contributed by atoms with Crippen LogP contribution in [0.3, 0.4) is 0 Å². The fraction of sp³-hybridized carbons (Fsp3) is 0.667. The zero-order valence-electron chi connectivity index (χ0n) is 13.3. The van der Waals surface area contributed by atoms with Crippen molar-refractivity contribution in [3.63, 3.8) is 0 Å². The minimum atomic E-state index is -1.27. The van der Waals surface area contributed by atoms with Crippen LogP contribution in [0.4, 0.5) is 0 Å². The summed E-state index contributed by atoms with van der Waals surface area (Å²) in [5, 5.41) is 1.65. The lowest BCUT2D eigenvalue weighted by molar-refractivity contribution is 0.134. The molecule has 1 aromatic rings. The summed E-state index contributed by atoms with van der Waals surface area (Å²) in [6.45, 7) is 9.08. The van der Waals surface area contributed by atoms with E-state index in [4.69, 9.17) is 4.74 Å². The maximum absolute atomic E-state index is 5.72. The molecule has 0 spiro atoms. The average Bonchev–Trinajstić information content (AvgIpc) is 2.86. The maximum atomic E-state index is 5.72. The van der Waals surface area contributed by atoms with E-state index < -0.39 is 8.07 Å². The minimum absolute atomic E-state index is 0.839. The molecular weight excluding hydrogens is 260 g/mol. The molecule has 0 atom stereocenters. The lowest BCUT2D eigenvalue weighted by atomic mass is 9.84. The first-order valence-corrected chi connectivity index (χ1v) is 11.8. The number of fused-ring (bicyclic) bond motifs is 1. The molecule has 20 heavy (non-hydrogen) atoms. The highest BCUT2D eigenvalue weighted by atomic mass is 28.3. The summed E-state index contributed by atoms with van der Waals surface area (Å²) >= 11 is 0. The lowest BCUT2D eigenvalue weighted by Crippen LogP contribution is -2.40. The second-order valence-electron chi connectivity index (χ2n) is 7.73. The van der Waals surface area contributed by atoms with Crippen LogP contribution in [0.15, 0.2) is 12.1 Å². The van der Waals surface area contributed by atoms with Crippen LogP contribution < -0.4 is 5.19 Å². The molecule has 2 heteroatoms. The Morgan fingerprint density at radius 2 is 1.80 bits per heavy atom. The minimum Gasteiger partial charge on any atom is -0.372 e. The number of ether oxygens (including phenoxy) is 1. The first-order chi connectivity index (χ1) is 9.54. The zero-order chi connectivity index (χ0) is 14.2. The van der Waals surface area contributed by atoms with Crippen LogP contribution in [-0.4, -0.2) is 8.07 Å². The first-order valence-electron chi connectivity index (χ1n) is 8.27. The van der Waals surface area contributed by atoms with Gasteiger partial charge in [-0.15, -0.1) is 0 Å². The summed E-state index contributed by atoms with van der Waals surface area (Å²) in [7, 11) is -1.27.